The Labute approximate surface area is 111 Å². The molecule has 19 heavy (non-hydrogen) atoms. The third kappa shape index (κ3) is 4.50. The summed E-state index contributed by atoms with van der Waals surface area (Å²) in [6.45, 7) is 3.52. The lowest BCUT2D eigenvalue weighted by molar-refractivity contribution is -0.136. The first-order chi connectivity index (χ1) is 9.08. The van der Waals surface area contributed by atoms with Crippen LogP contribution in [0.3, 0.4) is 0 Å². The average Bonchev–Trinajstić information content (AvgIpc) is 2.37. The Hall–Kier alpha value is -2.24. The van der Waals surface area contributed by atoms with Crippen molar-refractivity contribution in [2.45, 2.75) is 32.7 Å². The van der Waals surface area contributed by atoms with E-state index in [1.54, 1.807) is 25.2 Å². The third-order valence-corrected chi connectivity index (χ3v) is 2.49. The SMILES string of the molecule is CC=N/C(=C\C=C/C)C(=O)NC1CCC(=O)NC1=O. The summed E-state index contributed by atoms with van der Waals surface area (Å²) >= 11 is 0. The lowest BCUT2D eigenvalue weighted by Crippen LogP contribution is -2.52. The van der Waals surface area contributed by atoms with Crippen molar-refractivity contribution in [1.82, 2.24) is 10.6 Å². The number of hydrogen-bond donors (Lipinski definition) is 2. The predicted molar refractivity (Wildman–Crippen MR) is 71.4 cm³/mol. The highest BCUT2D eigenvalue weighted by Gasteiger charge is 2.28. The molecule has 0 aromatic carbocycles. The van der Waals surface area contributed by atoms with E-state index in [2.05, 4.69) is 15.6 Å². The van der Waals surface area contributed by atoms with Gasteiger partial charge in [-0.1, -0.05) is 12.2 Å². The highest BCUT2D eigenvalue weighted by molar-refractivity contribution is 6.03. The number of carbonyl (C=O) groups excluding carboxylic acids is 3. The molecule has 0 spiro atoms. The Kier molecular flexibility index (Phi) is 5.66. The van der Waals surface area contributed by atoms with Gasteiger partial charge in [-0.3, -0.25) is 24.7 Å². The maximum atomic E-state index is 11.9. The summed E-state index contributed by atoms with van der Waals surface area (Å²) in [6, 6.07) is -0.689. The van der Waals surface area contributed by atoms with Gasteiger partial charge in [0, 0.05) is 12.6 Å². The van der Waals surface area contributed by atoms with Crippen LogP contribution in [0.4, 0.5) is 0 Å². The Bertz CT molecular complexity index is 464. The molecule has 0 saturated carbocycles. The summed E-state index contributed by atoms with van der Waals surface area (Å²) in [4.78, 5) is 38.4. The molecular formula is C13H17N3O3. The molecule has 1 aliphatic heterocycles. The fourth-order valence-electron chi connectivity index (χ4n) is 1.57. The number of allylic oxidation sites excluding steroid dienone is 3. The molecule has 1 fully saturated rings. The predicted octanol–water partition coefficient (Wildman–Crippen LogP) is 0.459. The summed E-state index contributed by atoms with van der Waals surface area (Å²) in [5.41, 5.74) is 0.213. The number of nitrogens with zero attached hydrogens (tertiary/aromatic N) is 1. The molecule has 0 radical (unpaired) electrons. The number of hydrogen-bond acceptors (Lipinski definition) is 4. The number of rotatable bonds is 4. The summed E-state index contributed by atoms with van der Waals surface area (Å²) in [5.74, 6) is -1.23. The highest BCUT2D eigenvalue weighted by Crippen LogP contribution is 2.06. The van der Waals surface area contributed by atoms with Crippen molar-refractivity contribution in [3.8, 4) is 0 Å². The van der Waals surface area contributed by atoms with Gasteiger partial charge >= 0.3 is 0 Å². The molecule has 1 saturated heterocycles. The zero-order chi connectivity index (χ0) is 14.3. The molecule has 0 bridgehead atoms. The van der Waals surface area contributed by atoms with Gasteiger partial charge in [0.05, 0.1) is 0 Å². The van der Waals surface area contributed by atoms with Crippen molar-refractivity contribution >= 4 is 23.9 Å². The van der Waals surface area contributed by atoms with E-state index in [0.717, 1.165) is 0 Å². The van der Waals surface area contributed by atoms with Gasteiger partial charge in [0.1, 0.15) is 11.7 Å². The number of nitrogens with one attached hydrogen (secondary N) is 2. The molecule has 1 unspecified atom stereocenters. The summed E-state index contributed by atoms with van der Waals surface area (Å²) in [7, 11) is 0. The second-order valence-corrected chi connectivity index (χ2v) is 3.94. The summed E-state index contributed by atoms with van der Waals surface area (Å²) in [5, 5.41) is 4.75. The van der Waals surface area contributed by atoms with Crippen molar-refractivity contribution in [2.75, 3.05) is 0 Å². The molecular weight excluding hydrogens is 246 g/mol. The van der Waals surface area contributed by atoms with Crippen LogP contribution in [0.25, 0.3) is 0 Å². The van der Waals surface area contributed by atoms with Gasteiger partial charge in [-0.2, -0.15) is 0 Å². The first kappa shape index (κ1) is 14.8. The van der Waals surface area contributed by atoms with E-state index < -0.39 is 17.9 Å². The molecule has 0 aromatic heterocycles. The lowest BCUT2D eigenvalue weighted by Gasteiger charge is -2.21. The number of carbonyl (C=O) groups is 3. The fourth-order valence-corrected chi connectivity index (χ4v) is 1.57. The normalized spacial score (nSPS) is 20.9. The Morgan fingerprint density at radius 2 is 2.16 bits per heavy atom. The van der Waals surface area contributed by atoms with E-state index in [0.29, 0.717) is 6.42 Å². The number of piperidine rings is 1. The van der Waals surface area contributed by atoms with E-state index in [1.807, 2.05) is 6.92 Å². The first-order valence-corrected chi connectivity index (χ1v) is 6.04. The summed E-state index contributed by atoms with van der Waals surface area (Å²) < 4.78 is 0. The van der Waals surface area contributed by atoms with Crippen LogP contribution in [0.1, 0.15) is 26.7 Å². The molecule has 3 amide bonds. The minimum absolute atomic E-state index is 0.213. The number of aliphatic imine (C=N–C) groups is 1. The van der Waals surface area contributed by atoms with Gasteiger partial charge in [-0.05, 0) is 26.3 Å². The smallest absolute Gasteiger partial charge is 0.270 e. The number of imide groups is 1. The van der Waals surface area contributed by atoms with Gasteiger partial charge in [0.15, 0.2) is 0 Å². The van der Waals surface area contributed by atoms with Gasteiger partial charge in [-0.15, -0.1) is 0 Å². The minimum atomic E-state index is -0.689. The van der Waals surface area contributed by atoms with Gasteiger partial charge in [0.25, 0.3) is 5.91 Å². The van der Waals surface area contributed by atoms with Crippen LogP contribution in [0.15, 0.2) is 28.9 Å². The molecule has 1 atom stereocenters. The maximum absolute atomic E-state index is 11.9. The van der Waals surface area contributed by atoms with E-state index in [9.17, 15) is 14.4 Å². The molecule has 1 rings (SSSR count). The second kappa shape index (κ2) is 7.25. The van der Waals surface area contributed by atoms with E-state index >= 15 is 0 Å². The van der Waals surface area contributed by atoms with Crippen molar-refractivity contribution in [1.29, 1.82) is 0 Å². The summed E-state index contributed by atoms with van der Waals surface area (Å²) in [6.07, 6.45) is 7.04. The molecule has 6 heteroatoms. The van der Waals surface area contributed by atoms with Crippen LogP contribution in [0, 0.1) is 0 Å². The van der Waals surface area contributed by atoms with Crippen LogP contribution in [0.2, 0.25) is 0 Å². The van der Waals surface area contributed by atoms with Crippen LogP contribution in [0.5, 0.6) is 0 Å². The Morgan fingerprint density at radius 1 is 1.42 bits per heavy atom. The zero-order valence-electron chi connectivity index (χ0n) is 11.0. The van der Waals surface area contributed by atoms with Crippen molar-refractivity contribution in [2.24, 2.45) is 4.99 Å². The number of amides is 3. The third-order valence-electron chi connectivity index (χ3n) is 2.49. The topological polar surface area (TPSA) is 87.6 Å². The standard InChI is InChI=1S/C13H17N3O3/c1-3-5-6-9(14-4-2)12(18)15-10-7-8-11(17)16-13(10)19/h3-6,10H,7-8H2,1-2H3,(H,15,18)(H,16,17,19)/b5-3-,9-6-,14-4?. The van der Waals surface area contributed by atoms with Gasteiger partial charge < -0.3 is 5.32 Å². The van der Waals surface area contributed by atoms with Gasteiger partial charge in [-0.25, -0.2) is 0 Å². The Morgan fingerprint density at radius 3 is 2.74 bits per heavy atom. The fraction of sp³-hybridized carbons (Fsp3) is 0.385. The lowest BCUT2D eigenvalue weighted by atomic mass is 10.1. The van der Waals surface area contributed by atoms with Crippen molar-refractivity contribution in [3.63, 3.8) is 0 Å². The Balaban J connectivity index is 2.71. The maximum Gasteiger partial charge on any atom is 0.270 e. The average molecular weight is 263 g/mol. The van der Waals surface area contributed by atoms with Crippen LogP contribution >= 0.6 is 0 Å². The molecule has 6 nitrogen and oxygen atoms in total. The zero-order valence-corrected chi connectivity index (χ0v) is 11.0. The van der Waals surface area contributed by atoms with Crippen LogP contribution in [-0.2, 0) is 14.4 Å². The van der Waals surface area contributed by atoms with Crippen molar-refractivity contribution < 1.29 is 14.4 Å². The van der Waals surface area contributed by atoms with Crippen LogP contribution < -0.4 is 10.6 Å². The first-order valence-electron chi connectivity index (χ1n) is 6.04. The highest BCUT2D eigenvalue weighted by atomic mass is 16.2. The minimum Gasteiger partial charge on any atom is -0.339 e. The van der Waals surface area contributed by atoms with Crippen molar-refractivity contribution in [3.05, 3.63) is 23.9 Å². The molecule has 1 aliphatic rings. The quantitative estimate of drug-likeness (QED) is 0.334. The van der Waals surface area contributed by atoms with E-state index in [4.69, 9.17) is 0 Å². The van der Waals surface area contributed by atoms with E-state index in [1.165, 1.54) is 6.21 Å². The van der Waals surface area contributed by atoms with E-state index in [-0.39, 0.29) is 18.0 Å². The van der Waals surface area contributed by atoms with Gasteiger partial charge in [0.2, 0.25) is 11.8 Å². The molecule has 1 heterocycles. The van der Waals surface area contributed by atoms with Crippen LogP contribution in [-0.4, -0.2) is 30.0 Å². The monoisotopic (exact) mass is 263 g/mol. The largest absolute Gasteiger partial charge is 0.339 e. The second-order valence-electron chi connectivity index (χ2n) is 3.94. The molecule has 2 N–H and O–H groups in total. The molecule has 0 aliphatic carbocycles. The molecule has 102 valence electrons. The molecule has 0 aromatic rings.